The highest BCUT2D eigenvalue weighted by Gasteiger charge is 2.59. The number of carbonyl (C=O) groups is 1. The van der Waals surface area contributed by atoms with E-state index in [1.807, 2.05) is 14.0 Å². The van der Waals surface area contributed by atoms with Crippen LogP contribution in [-0.2, 0) is 11.3 Å². The normalized spacial score (nSPS) is 33.6. The zero-order valence-corrected chi connectivity index (χ0v) is 14.2. The molecule has 1 aromatic carbocycles. The zero-order chi connectivity index (χ0) is 16.2. The fourth-order valence-electron chi connectivity index (χ4n) is 4.84. The van der Waals surface area contributed by atoms with Gasteiger partial charge in [-0.25, -0.2) is 0 Å². The maximum absolute atomic E-state index is 12.8. The van der Waals surface area contributed by atoms with Crippen LogP contribution >= 0.6 is 0 Å². The molecule has 2 fully saturated rings. The van der Waals surface area contributed by atoms with E-state index in [-0.39, 0.29) is 5.91 Å². The van der Waals surface area contributed by atoms with Crippen molar-refractivity contribution >= 4 is 11.7 Å². The predicted molar refractivity (Wildman–Crippen MR) is 91.3 cm³/mol. The van der Waals surface area contributed by atoms with E-state index < -0.39 is 5.54 Å². The van der Waals surface area contributed by atoms with Crippen molar-refractivity contribution in [2.24, 2.45) is 16.8 Å². The second-order valence-electron chi connectivity index (χ2n) is 7.54. The molecule has 23 heavy (non-hydrogen) atoms. The Kier molecular flexibility index (Phi) is 3.34. The molecule has 2 aliphatic heterocycles. The third-order valence-electron chi connectivity index (χ3n) is 6.04. The van der Waals surface area contributed by atoms with Gasteiger partial charge < -0.3 is 4.90 Å². The predicted octanol–water partition coefficient (Wildman–Crippen LogP) is 2.47. The van der Waals surface area contributed by atoms with E-state index in [9.17, 15) is 4.79 Å². The average Bonchev–Trinajstić information content (AvgIpc) is 3.11. The number of hydrogen-bond donors (Lipinski definition) is 0. The molecule has 4 nitrogen and oxygen atoms in total. The number of nitrogens with zero attached hydrogens (tertiary/aromatic N) is 3. The van der Waals surface area contributed by atoms with Gasteiger partial charge in [-0.15, -0.1) is 0 Å². The summed E-state index contributed by atoms with van der Waals surface area (Å²) in [5, 5.41) is 0. The molecular weight excluding hydrogens is 286 g/mol. The van der Waals surface area contributed by atoms with Crippen molar-refractivity contribution in [3.63, 3.8) is 0 Å². The summed E-state index contributed by atoms with van der Waals surface area (Å²) < 4.78 is 0. The summed E-state index contributed by atoms with van der Waals surface area (Å²) >= 11 is 0. The lowest BCUT2D eigenvalue weighted by atomic mass is 9.85. The molecule has 1 saturated carbocycles. The van der Waals surface area contributed by atoms with Crippen LogP contribution in [0.1, 0.15) is 30.9 Å². The summed E-state index contributed by atoms with van der Waals surface area (Å²) in [6, 6.07) is 8.74. The van der Waals surface area contributed by atoms with Crippen molar-refractivity contribution < 1.29 is 4.79 Å². The van der Waals surface area contributed by atoms with Crippen LogP contribution in [0.3, 0.4) is 0 Å². The topological polar surface area (TPSA) is 35.9 Å². The van der Waals surface area contributed by atoms with Crippen LogP contribution in [-0.4, -0.2) is 47.2 Å². The van der Waals surface area contributed by atoms with Crippen molar-refractivity contribution in [3.8, 4) is 0 Å². The zero-order valence-electron chi connectivity index (χ0n) is 14.2. The number of likely N-dealkylation sites (tertiary alicyclic amines) is 1. The summed E-state index contributed by atoms with van der Waals surface area (Å²) in [6.07, 6.45) is 2.06. The van der Waals surface area contributed by atoms with E-state index in [4.69, 9.17) is 4.99 Å². The third-order valence-corrected chi connectivity index (χ3v) is 6.04. The summed E-state index contributed by atoms with van der Waals surface area (Å²) in [5.74, 6) is 2.11. The van der Waals surface area contributed by atoms with Crippen LogP contribution in [0.2, 0.25) is 0 Å². The molecule has 2 heterocycles. The number of likely N-dealkylation sites (N-methyl/N-ethyl adjacent to an activating group) is 1. The molecule has 0 aromatic heterocycles. The quantitative estimate of drug-likeness (QED) is 0.841. The largest absolute Gasteiger partial charge is 0.302 e. The third kappa shape index (κ3) is 2.23. The van der Waals surface area contributed by atoms with E-state index in [2.05, 4.69) is 36.1 Å². The molecule has 0 bridgehead atoms. The first-order valence-corrected chi connectivity index (χ1v) is 8.62. The van der Waals surface area contributed by atoms with Gasteiger partial charge in [-0.1, -0.05) is 29.8 Å². The van der Waals surface area contributed by atoms with Crippen molar-refractivity contribution in [2.75, 3.05) is 20.1 Å². The fourth-order valence-corrected chi connectivity index (χ4v) is 4.84. The Morgan fingerprint density at radius 3 is 2.83 bits per heavy atom. The Hall–Kier alpha value is -1.68. The number of carbonyl (C=O) groups excluding carboxylic acids is 1. The average molecular weight is 311 g/mol. The lowest BCUT2D eigenvalue weighted by molar-refractivity contribution is -0.131. The number of hydrogen-bond acceptors (Lipinski definition) is 3. The van der Waals surface area contributed by atoms with Gasteiger partial charge in [0.05, 0.1) is 0 Å². The minimum Gasteiger partial charge on any atom is -0.302 e. The maximum atomic E-state index is 12.8. The van der Waals surface area contributed by atoms with Gasteiger partial charge in [-0.05, 0) is 38.2 Å². The lowest BCUT2D eigenvalue weighted by Gasteiger charge is -2.27. The first kappa shape index (κ1) is 14.9. The minimum atomic E-state index is -0.454. The number of amidine groups is 1. The second kappa shape index (κ2) is 5.17. The second-order valence-corrected chi connectivity index (χ2v) is 7.54. The summed E-state index contributed by atoms with van der Waals surface area (Å²) in [7, 11) is 1.86. The van der Waals surface area contributed by atoms with Gasteiger partial charge in [0.2, 0.25) is 0 Å². The van der Waals surface area contributed by atoms with Crippen molar-refractivity contribution in [3.05, 3.63) is 35.4 Å². The van der Waals surface area contributed by atoms with Gasteiger partial charge in [0.25, 0.3) is 5.91 Å². The van der Waals surface area contributed by atoms with E-state index in [0.717, 1.165) is 38.3 Å². The molecule has 4 rings (SSSR count). The van der Waals surface area contributed by atoms with E-state index >= 15 is 0 Å². The SMILES string of the molecule is CC1=N[C@]2(CC[C@H]3CN(Cc4cccc(C)c4)C[C@H]32)C(=O)N1C. The maximum Gasteiger partial charge on any atom is 0.255 e. The van der Waals surface area contributed by atoms with Gasteiger partial charge in [0.1, 0.15) is 11.4 Å². The Morgan fingerprint density at radius 2 is 2.13 bits per heavy atom. The standard InChI is InChI=1S/C19H25N3O/c1-13-5-4-6-15(9-13)10-22-11-16-7-8-19(17(16)12-22)18(23)21(3)14(2)20-19/h4-6,9,16-17H,7-8,10-12H2,1-3H3/t16-,17+,19-/m0/s1. The summed E-state index contributed by atoms with van der Waals surface area (Å²) in [4.78, 5) is 21.9. The Bertz CT molecular complexity index is 683. The van der Waals surface area contributed by atoms with Crippen LogP contribution in [0.5, 0.6) is 0 Å². The molecule has 1 amide bonds. The smallest absolute Gasteiger partial charge is 0.255 e. The molecule has 1 aromatic rings. The summed E-state index contributed by atoms with van der Waals surface area (Å²) in [6.45, 7) is 7.18. The molecule has 0 N–H and O–H groups in total. The van der Waals surface area contributed by atoms with E-state index in [0.29, 0.717) is 11.8 Å². The first-order chi connectivity index (χ1) is 11.0. The van der Waals surface area contributed by atoms with E-state index in [1.165, 1.54) is 11.1 Å². The molecule has 0 unspecified atom stereocenters. The van der Waals surface area contributed by atoms with Gasteiger partial charge in [0.15, 0.2) is 0 Å². The van der Waals surface area contributed by atoms with Gasteiger partial charge >= 0.3 is 0 Å². The molecule has 1 aliphatic carbocycles. The van der Waals surface area contributed by atoms with Crippen molar-refractivity contribution in [1.29, 1.82) is 0 Å². The molecular formula is C19H25N3O. The highest BCUT2D eigenvalue weighted by molar-refractivity contribution is 6.07. The first-order valence-electron chi connectivity index (χ1n) is 8.62. The lowest BCUT2D eigenvalue weighted by Crippen LogP contribution is -2.45. The Balaban J connectivity index is 1.53. The van der Waals surface area contributed by atoms with Crippen molar-refractivity contribution in [1.82, 2.24) is 9.80 Å². The van der Waals surface area contributed by atoms with Crippen LogP contribution in [0, 0.1) is 18.8 Å². The van der Waals surface area contributed by atoms with E-state index in [1.54, 1.807) is 4.90 Å². The number of benzene rings is 1. The molecule has 3 atom stereocenters. The van der Waals surface area contributed by atoms with Gasteiger partial charge in [-0.3, -0.25) is 14.7 Å². The number of amides is 1. The number of aryl methyl sites for hydroxylation is 1. The Labute approximate surface area is 138 Å². The monoisotopic (exact) mass is 311 g/mol. The highest BCUT2D eigenvalue weighted by Crippen LogP contribution is 2.50. The van der Waals surface area contributed by atoms with Crippen LogP contribution < -0.4 is 0 Å². The molecule has 122 valence electrons. The highest BCUT2D eigenvalue weighted by atomic mass is 16.2. The summed E-state index contributed by atoms with van der Waals surface area (Å²) in [5.41, 5.74) is 2.23. The molecule has 0 radical (unpaired) electrons. The molecule has 1 saturated heterocycles. The van der Waals surface area contributed by atoms with Crippen LogP contribution in [0.25, 0.3) is 0 Å². The molecule has 4 heteroatoms. The molecule has 3 aliphatic rings. The van der Waals surface area contributed by atoms with Crippen LogP contribution in [0.15, 0.2) is 29.3 Å². The van der Waals surface area contributed by atoms with Crippen molar-refractivity contribution in [2.45, 2.75) is 38.8 Å². The molecule has 1 spiro atoms. The minimum absolute atomic E-state index is 0.222. The fraction of sp³-hybridized carbons (Fsp3) is 0.579. The number of aliphatic imine (C=N–C) groups is 1. The Morgan fingerprint density at radius 1 is 1.30 bits per heavy atom. The van der Waals surface area contributed by atoms with Gasteiger partial charge in [0, 0.05) is 32.6 Å². The van der Waals surface area contributed by atoms with Crippen LogP contribution in [0.4, 0.5) is 0 Å². The number of fused-ring (bicyclic) bond motifs is 2. The van der Waals surface area contributed by atoms with Gasteiger partial charge in [-0.2, -0.15) is 0 Å². The number of rotatable bonds is 2.